The second-order valence-electron chi connectivity index (χ2n) is 8.06. The van der Waals surface area contributed by atoms with Gasteiger partial charge in [-0.1, -0.05) is 23.7 Å². The van der Waals surface area contributed by atoms with E-state index in [9.17, 15) is 18.8 Å². The molecular formula is C25H22ClFN4O3. The van der Waals surface area contributed by atoms with E-state index in [1.807, 2.05) is 37.5 Å². The maximum absolute atomic E-state index is 13.6. The van der Waals surface area contributed by atoms with Crippen molar-refractivity contribution in [3.05, 3.63) is 87.6 Å². The summed E-state index contributed by atoms with van der Waals surface area (Å²) in [5.41, 5.74) is 4.57. The van der Waals surface area contributed by atoms with Gasteiger partial charge in [-0.2, -0.15) is 0 Å². The van der Waals surface area contributed by atoms with Gasteiger partial charge in [-0.25, -0.2) is 14.1 Å². The molecule has 3 aromatic rings. The van der Waals surface area contributed by atoms with Crippen molar-refractivity contribution in [3.8, 4) is 5.69 Å². The number of urea groups is 1. The minimum absolute atomic E-state index is 0.00252. The molecule has 2 aromatic carbocycles. The van der Waals surface area contributed by atoms with Crippen LogP contribution in [0.4, 0.5) is 14.9 Å². The third-order valence-electron chi connectivity index (χ3n) is 5.50. The van der Waals surface area contributed by atoms with Gasteiger partial charge >= 0.3 is 6.03 Å². The van der Waals surface area contributed by atoms with Crippen molar-refractivity contribution in [3.63, 3.8) is 0 Å². The van der Waals surface area contributed by atoms with Gasteiger partial charge in [-0.3, -0.25) is 9.59 Å². The number of nitrogens with one attached hydrogen (secondary N) is 2. The number of carbonyl (C=O) groups is 3. The molecule has 4 rings (SSSR count). The van der Waals surface area contributed by atoms with Crippen molar-refractivity contribution in [2.45, 2.75) is 20.8 Å². The van der Waals surface area contributed by atoms with Crippen LogP contribution in [-0.2, 0) is 9.59 Å². The average molecular weight is 481 g/mol. The molecule has 0 radical (unpaired) electrons. The molecule has 2 N–H and O–H groups in total. The Morgan fingerprint density at radius 3 is 2.59 bits per heavy atom. The van der Waals surface area contributed by atoms with Crippen LogP contribution in [0.3, 0.4) is 0 Å². The van der Waals surface area contributed by atoms with E-state index < -0.39 is 30.2 Å². The standard InChI is InChI=1S/C25H22ClFN4O3/c1-14-5-4-6-18(9-14)28-23(32)13-30-24(33)22(29-25(30)34)11-17-10-15(2)31(16(17)3)19-7-8-21(27)20(26)12-19/h4-12H,13H2,1-3H3,(H,28,32)(H,29,34). The van der Waals surface area contributed by atoms with Gasteiger partial charge in [-0.15, -0.1) is 0 Å². The highest BCUT2D eigenvalue weighted by molar-refractivity contribution is 6.30. The fraction of sp³-hybridized carbons (Fsp3) is 0.160. The Morgan fingerprint density at radius 1 is 1.12 bits per heavy atom. The van der Waals surface area contributed by atoms with Crippen molar-refractivity contribution in [1.29, 1.82) is 0 Å². The van der Waals surface area contributed by atoms with E-state index in [1.165, 1.54) is 12.1 Å². The fourth-order valence-corrected chi connectivity index (χ4v) is 4.07. The van der Waals surface area contributed by atoms with Crippen molar-refractivity contribution in [2.24, 2.45) is 0 Å². The number of halogens is 2. The minimum atomic E-state index is -0.672. The number of nitrogens with zero attached hydrogens (tertiary/aromatic N) is 2. The molecule has 4 amide bonds. The predicted octanol–water partition coefficient (Wildman–Crippen LogP) is 4.73. The molecule has 0 bridgehead atoms. The molecule has 0 unspecified atom stereocenters. The number of anilines is 1. The molecule has 9 heteroatoms. The van der Waals surface area contributed by atoms with Crippen molar-refractivity contribution in [2.75, 3.05) is 11.9 Å². The molecule has 2 heterocycles. The van der Waals surface area contributed by atoms with Crippen LogP contribution in [0.2, 0.25) is 5.02 Å². The van der Waals surface area contributed by atoms with Crippen LogP contribution >= 0.6 is 11.6 Å². The third kappa shape index (κ3) is 4.58. The van der Waals surface area contributed by atoms with Gasteiger partial charge in [0.2, 0.25) is 5.91 Å². The summed E-state index contributed by atoms with van der Waals surface area (Å²) in [5.74, 6) is -1.60. The number of benzene rings is 2. The maximum Gasteiger partial charge on any atom is 0.329 e. The van der Waals surface area contributed by atoms with E-state index in [2.05, 4.69) is 10.6 Å². The maximum atomic E-state index is 13.6. The quantitative estimate of drug-likeness (QED) is 0.409. The van der Waals surface area contributed by atoms with Gasteiger partial charge in [0, 0.05) is 22.8 Å². The van der Waals surface area contributed by atoms with Crippen LogP contribution in [0.15, 0.2) is 54.2 Å². The number of rotatable bonds is 5. The number of aryl methyl sites for hydroxylation is 2. The number of imide groups is 1. The molecule has 0 aliphatic carbocycles. The first kappa shape index (κ1) is 23.3. The molecule has 1 aromatic heterocycles. The van der Waals surface area contributed by atoms with E-state index in [0.29, 0.717) is 16.9 Å². The van der Waals surface area contributed by atoms with Crippen molar-refractivity contribution < 1.29 is 18.8 Å². The molecule has 1 aliphatic heterocycles. The van der Waals surface area contributed by atoms with Gasteiger partial charge in [-0.05, 0) is 74.4 Å². The van der Waals surface area contributed by atoms with Crippen molar-refractivity contribution >= 4 is 41.2 Å². The first-order chi connectivity index (χ1) is 16.1. The lowest BCUT2D eigenvalue weighted by Crippen LogP contribution is -2.38. The molecular weight excluding hydrogens is 459 g/mol. The van der Waals surface area contributed by atoms with E-state index in [1.54, 1.807) is 30.3 Å². The molecule has 7 nitrogen and oxygen atoms in total. The van der Waals surface area contributed by atoms with E-state index in [0.717, 1.165) is 21.9 Å². The van der Waals surface area contributed by atoms with Crippen molar-refractivity contribution in [1.82, 2.24) is 14.8 Å². The van der Waals surface area contributed by atoms with Gasteiger partial charge in [0.05, 0.1) is 5.02 Å². The van der Waals surface area contributed by atoms with Crippen LogP contribution in [-0.4, -0.2) is 33.9 Å². The Balaban J connectivity index is 1.54. The SMILES string of the molecule is Cc1cccc(NC(=O)CN2C(=O)NC(=Cc3cc(C)n(-c4ccc(F)c(Cl)c4)c3C)C2=O)c1. The topological polar surface area (TPSA) is 83.4 Å². The van der Waals surface area contributed by atoms with Gasteiger partial charge in [0.1, 0.15) is 18.1 Å². The second kappa shape index (κ2) is 9.15. The third-order valence-corrected chi connectivity index (χ3v) is 5.79. The zero-order valence-corrected chi connectivity index (χ0v) is 19.5. The molecule has 0 spiro atoms. The molecule has 34 heavy (non-hydrogen) atoms. The van der Waals surface area contributed by atoms with Gasteiger partial charge in [0.15, 0.2) is 0 Å². The van der Waals surface area contributed by atoms with Crippen LogP contribution in [0.25, 0.3) is 11.8 Å². The smallest absolute Gasteiger partial charge is 0.325 e. The summed E-state index contributed by atoms with van der Waals surface area (Å²) >= 11 is 5.93. The van der Waals surface area contributed by atoms with Gasteiger partial charge in [0.25, 0.3) is 5.91 Å². The molecule has 1 aliphatic rings. The van der Waals surface area contributed by atoms with E-state index in [-0.39, 0.29) is 10.7 Å². The van der Waals surface area contributed by atoms with Crippen LogP contribution in [0.5, 0.6) is 0 Å². The van der Waals surface area contributed by atoms with E-state index in [4.69, 9.17) is 11.6 Å². The highest BCUT2D eigenvalue weighted by Gasteiger charge is 2.35. The Bertz CT molecular complexity index is 1360. The molecule has 0 saturated carbocycles. The average Bonchev–Trinajstić information content (AvgIpc) is 3.19. The number of hydrogen-bond acceptors (Lipinski definition) is 3. The van der Waals surface area contributed by atoms with Gasteiger partial charge < -0.3 is 15.2 Å². The van der Waals surface area contributed by atoms with Crippen LogP contribution < -0.4 is 10.6 Å². The number of hydrogen-bond donors (Lipinski definition) is 2. The lowest BCUT2D eigenvalue weighted by Gasteiger charge is -2.12. The Kier molecular flexibility index (Phi) is 6.26. The fourth-order valence-electron chi connectivity index (χ4n) is 3.89. The first-order valence-electron chi connectivity index (χ1n) is 10.5. The summed E-state index contributed by atoms with van der Waals surface area (Å²) in [7, 11) is 0. The summed E-state index contributed by atoms with van der Waals surface area (Å²) in [4.78, 5) is 38.5. The number of amides is 4. The van der Waals surface area contributed by atoms with E-state index >= 15 is 0 Å². The first-order valence-corrected chi connectivity index (χ1v) is 10.9. The predicted molar refractivity (Wildman–Crippen MR) is 128 cm³/mol. The highest BCUT2D eigenvalue weighted by Crippen LogP contribution is 2.26. The summed E-state index contributed by atoms with van der Waals surface area (Å²) in [6, 6.07) is 12.8. The van der Waals surface area contributed by atoms with Crippen LogP contribution in [0, 0.1) is 26.6 Å². The molecule has 1 saturated heterocycles. The zero-order chi connectivity index (χ0) is 24.6. The molecule has 174 valence electrons. The number of carbonyl (C=O) groups excluding carboxylic acids is 3. The summed E-state index contributed by atoms with van der Waals surface area (Å²) < 4.78 is 15.4. The van der Waals surface area contributed by atoms with Crippen LogP contribution in [0.1, 0.15) is 22.5 Å². The highest BCUT2D eigenvalue weighted by atomic mass is 35.5. The Morgan fingerprint density at radius 2 is 1.88 bits per heavy atom. The second-order valence-corrected chi connectivity index (χ2v) is 8.46. The largest absolute Gasteiger partial charge is 0.329 e. The normalized spacial score (nSPS) is 14.6. The molecule has 0 atom stereocenters. The lowest BCUT2D eigenvalue weighted by atomic mass is 10.2. The zero-order valence-electron chi connectivity index (χ0n) is 18.8. The summed E-state index contributed by atoms with van der Waals surface area (Å²) in [5, 5.41) is 5.22. The monoisotopic (exact) mass is 480 g/mol. The summed E-state index contributed by atoms with van der Waals surface area (Å²) in [6.45, 7) is 5.18. The Labute approximate surface area is 200 Å². The minimum Gasteiger partial charge on any atom is -0.325 e. The number of aromatic nitrogens is 1. The summed E-state index contributed by atoms with van der Waals surface area (Å²) in [6.07, 6.45) is 1.56. The lowest BCUT2D eigenvalue weighted by molar-refractivity contribution is -0.127. The Hall–Kier alpha value is -3.91. The molecule has 1 fully saturated rings.